The Hall–Kier alpha value is -4.27. The van der Waals surface area contributed by atoms with Crippen LogP contribution in [-0.4, -0.2) is 49.5 Å². The van der Waals surface area contributed by atoms with Crippen LogP contribution >= 0.6 is 0 Å². The molecule has 5 rings (SSSR count). The lowest BCUT2D eigenvalue weighted by Gasteiger charge is -2.19. The van der Waals surface area contributed by atoms with E-state index < -0.39 is 24.5 Å². The van der Waals surface area contributed by atoms with Crippen molar-refractivity contribution in [3.8, 4) is 17.2 Å². The van der Waals surface area contributed by atoms with Crippen LogP contribution in [0.1, 0.15) is 40.6 Å². The van der Waals surface area contributed by atoms with Gasteiger partial charge >= 0.3 is 5.97 Å². The van der Waals surface area contributed by atoms with Crippen molar-refractivity contribution >= 4 is 17.6 Å². The summed E-state index contributed by atoms with van der Waals surface area (Å²) in [6.07, 6.45) is 2.77. The summed E-state index contributed by atoms with van der Waals surface area (Å²) in [6, 6.07) is 15.4. The first-order chi connectivity index (χ1) is 17.1. The molecule has 2 aromatic carbocycles. The van der Waals surface area contributed by atoms with E-state index in [2.05, 4.69) is 5.10 Å². The zero-order valence-corrected chi connectivity index (χ0v) is 19.1. The second-order valence-electron chi connectivity index (χ2n) is 8.04. The summed E-state index contributed by atoms with van der Waals surface area (Å²) < 4.78 is 27.3. The van der Waals surface area contributed by atoms with E-state index in [-0.39, 0.29) is 5.56 Å². The zero-order chi connectivity index (χ0) is 24.2. The fraction of sp³-hybridized carbons (Fsp3) is 0.269. The van der Waals surface area contributed by atoms with Crippen molar-refractivity contribution in [2.45, 2.75) is 18.9 Å². The van der Waals surface area contributed by atoms with Crippen molar-refractivity contribution in [1.82, 2.24) is 5.01 Å². The number of amides is 1. The Labute approximate surface area is 201 Å². The molecule has 0 spiro atoms. The van der Waals surface area contributed by atoms with Gasteiger partial charge < -0.3 is 23.4 Å². The number of carbonyl (C=O) groups is 2. The molecule has 35 heavy (non-hydrogen) atoms. The van der Waals surface area contributed by atoms with Crippen molar-refractivity contribution in [3.63, 3.8) is 0 Å². The van der Waals surface area contributed by atoms with E-state index in [1.807, 2.05) is 24.3 Å². The Morgan fingerprint density at radius 2 is 1.86 bits per heavy atom. The van der Waals surface area contributed by atoms with Crippen molar-refractivity contribution < 1.29 is 33.0 Å². The molecule has 1 amide bonds. The molecule has 2 aliphatic rings. The van der Waals surface area contributed by atoms with Crippen LogP contribution in [0.2, 0.25) is 0 Å². The Morgan fingerprint density at radius 1 is 1.06 bits per heavy atom. The Kier molecular flexibility index (Phi) is 6.38. The molecule has 0 radical (unpaired) electrons. The van der Waals surface area contributed by atoms with Gasteiger partial charge in [-0.2, -0.15) is 5.10 Å². The number of hydrogen-bond acceptors (Lipinski definition) is 8. The van der Waals surface area contributed by atoms with Gasteiger partial charge in [0.05, 0.1) is 37.9 Å². The molecule has 1 unspecified atom stereocenters. The maximum atomic E-state index is 13.1. The van der Waals surface area contributed by atoms with E-state index in [1.165, 1.54) is 5.01 Å². The summed E-state index contributed by atoms with van der Waals surface area (Å²) in [5.74, 6) is 1.28. The lowest BCUT2D eigenvalue weighted by molar-refractivity contribution is -0.136. The molecule has 0 fully saturated rings. The zero-order valence-electron chi connectivity index (χ0n) is 19.1. The predicted octanol–water partition coefficient (Wildman–Crippen LogP) is 3.98. The van der Waals surface area contributed by atoms with E-state index in [0.717, 1.165) is 23.4 Å². The van der Waals surface area contributed by atoms with Crippen LogP contribution in [0.25, 0.3) is 0 Å². The van der Waals surface area contributed by atoms with Crippen LogP contribution in [0.4, 0.5) is 0 Å². The van der Waals surface area contributed by atoms with Gasteiger partial charge in [-0.05, 0) is 60.2 Å². The Morgan fingerprint density at radius 3 is 2.60 bits per heavy atom. The number of furan rings is 1. The van der Waals surface area contributed by atoms with Gasteiger partial charge in [-0.3, -0.25) is 4.79 Å². The Balaban J connectivity index is 1.30. The maximum absolute atomic E-state index is 13.1. The van der Waals surface area contributed by atoms with Crippen LogP contribution in [0.3, 0.4) is 0 Å². The quantitative estimate of drug-likeness (QED) is 0.496. The molecule has 3 heterocycles. The van der Waals surface area contributed by atoms with E-state index in [9.17, 15) is 9.59 Å². The first-order valence-electron chi connectivity index (χ1n) is 11.3. The van der Waals surface area contributed by atoms with Gasteiger partial charge in [0.2, 0.25) is 0 Å². The molecule has 0 saturated carbocycles. The smallest absolute Gasteiger partial charge is 0.338 e. The number of nitrogens with zero attached hydrogens (tertiary/aromatic N) is 2. The van der Waals surface area contributed by atoms with Crippen LogP contribution in [0.15, 0.2) is 70.4 Å². The van der Waals surface area contributed by atoms with E-state index >= 15 is 0 Å². The number of esters is 1. The fourth-order valence-electron chi connectivity index (χ4n) is 3.97. The number of fused-ring (bicyclic) bond motifs is 1. The molecular formula is C26H24N2O7. The first-order valence-corrected chi connectivity index (χ1v) is 11.3. The van der Waals surface area contributed by atoms with E-state index in [0.29, 0.717) is 36.9 Å². The second kappa shape index (κ2) is 9.92. The molecule has 1 atom stereocenters. The largest absolute Gasteiger partial charge is 0.497 e. The summed E-state index contributed by atoms with van der Waals surface area (Å²) >= 11 is 0. The lowest BCUT2D eigenvalue weighted by atomic mass is 10.0. The fourth-order valence-corrected chi connectivity index (χ4v) is 3.97. The summed E-state index contributed by atoms with van der Waals surface area (Å²) in [7, 11) is 1.60. The normalized spacial score (nSPS) is 16.9. The predicted molar refractivity (Wildman–Crippen MR) is 125 cm³/mol. The highest BCUT2D eigenvalue weighted by Crippen LogP contribution is 2.34. The van der Waals surface area contributed by atoms with Crippen molar-refractivity contribution in [1.29, 1.82) is 0 Å². The van der Waals surface area contributed by atoms with Gasteiger partial charge in [-0.15, -0.1) is 0 Å². The summed E-state index contributed by atoms with van der Waals surface area (Å²) in [5.41, 5.74) is 1.85. The van der Waals surface area contributed by atoms with E-state index in [1.54, 1.807) is 43.7 Å². The Bertz CT molecular complexity index is 1240. The number of hydrogen-bond donors (Lipinski definition) is 0. The molecule has 0 bridgehead atoms. The standard InChI is InChI=1S/C26H24N2O7/c1-31-19-8-5-17(6-9-19)20-15-21(22-4-2-11-32-22)28(27-20)25(29)16-35-26(30)18-7-10-23-24(14-18)34-13-3-12-33-23/h2,4-11,14,21H,3,12-13,15-16H2,1H3. The highest BCUT2D eigenvalue weighted by Gasteiger charge is 2.35. The van der Waals surface area contributed by atoms with Gasteiger partial charge in [-0.25, -0.2) is 9.80 Å². The molecule has 9 heteroatoms. The van der Waals surface area contributed by atoms with Gasteiger partial charge in [0.1, 0.15) is 17.6 Å². The molecule has 0 saturated heterocycles. The van der Waals surface area contributed by atoms with Crippen LogP contribution < -0.4 is 14.2 Å². The lowest BCUT2D eigenvalue weighted by Crippen LogP contribution is -2.31. The summed E-state index contributed by atoms with van der Waals surface area (Å²) in [5, 5.41) is 5.86. The average molecular weight is 476 g/mol. The first kappa shape index (κ1) is 22.5. The topological polar surface area (TPSA) is 99.8 Å². The summed E-state index contributed by atoms with van der Waals surface area (Å²) in [4.78, 5) is 25.7. The van der Waals surface area contributed by atoms with Crippen molar-refractivity contribution in [2.75, 3.05) is 26.9 Å². The van der Waals surface area contributed by atoms with Crippen LogP contribution in [0, 0.1) is 0 Å². The highest BCUT2D eigenvalue weighted by molar-refractivity contribution is 6.03. The van der Waals surface area contributed by atoms with Gasteiger partial charge in [0.15, 0.2) is 18.1 Å². The third-order valence-corrected chi connectivity index (χ3v) is 5.77. The molecule has 180 valence electrons. The third kappa shape index (κ3) is 4.84. The van der Waals surface area contributed by atoms with Gasteiger partial charge in [0.25, 0.3) is 5.91 Å². The van der Waals surface area contributed by atoms with E-state index in [4.69, 9.17) is 23.4 Å². The molecule has 3 aromatic rings. The van der Waals surface area contributed by atoms with Gasteiger partial charge in [0, 0.05) is 12.8 Å². The van der Waals surface area contributed by atoms with Crippen LogP contribution in [0.5, 0.6) is 17.2 Å². The molecule has 9 nitrogen and oxygen atoms in total. The molecule has 0 aliphatic carbocycles. The van der Waals surface area contributed by atoms with Crippen molar-refractivity contribution in [3.05, 3.63) is 77.7 Å². The minimum absolute atomic E-state index is 0.272. The number of ether oxygens (including phenoxy) is 4. The minimum Gasteiger partial charge on any atom is -0.497 e. The van der Waals surface area contributed by atoms with Gasteiger partial charge in [-0.1, -0.05) is 0 Å². The minimum atomic E-state index is -0.637. The molecular weight excluding hydrogens is 452 g/mol. The maximum Gasteiger partial charge on any atom is 0.338 e. The number of methoxy groups -OCH3 is 1. The number of rotatable bonds is 6. The molecule has 0 N–H and O–H groups in total. The summed E-state index contributed by atoms with van der Waals surface area (Å²) in [6.45, 7) is 0.586. The molecule has 2 aliphatic heterocycles. The monoisotopic (exact) mass is 476 g/mol. The SMILES string of the molecule is COc1ccc(C2=NN(C(=O)COC(=O)c3ccc4c(c3)OCCCO4)C(c3ccco3)C2)cc1. The number of hydrazone groups is 1. The average Bonchev–Trinajstić information content (AvgIpc) is 3.52. The highest BCUT2D eigenvalue weighted by atomic mass is 16.5. The van der Waals surface area contributed by atoms with Crippen LogP contribution in [-0.2, 0) is 9.53 Å². The molecule has 1 aromatic heterocycles. The second-order valence-corrected chi connectivity index (χ2v) is 8.04. The third-order valence-electron chi connectivity index (χ3n) is 5.77. The van der Waals surface area contributed by atoms with Crippen molar-refractivity contribution in [2.24, 2.45) is 5.10 Å². The number of benzene rings is 2. The number of carbonyl (C=O) groups excluding carboxylic acids is 2.